The SMILES string of the molecule is Cc1ncsc1C=CC1(C(=O)OC(C)C)CS[C@@H]2C(N)C(=O)N2C1. The number of nitrogens with zero attached hydrogens (tertiary/aromatic N) is 2. The summed E-state index contributed by atoms with van der Waals surface area (Å²) in [4.78, 5) is 31.7. The van der Waals surface area contributed by atoms with Crippen molar-refractivity contribution in [3.8, 4) is 0 Å². The molecular weight excluding hydrogens is 346 g/mol. The van der Waals surface area contributed by atoms with Gasteiger partial charge >= 0.3 is 5.97 Å². The third-order valence-corrected chi connectivity index (χ3v) is 6.70. The summed E-state index contributed by atoms with van der Waals surface area (Å²) < 4.78 is 5.48. The van der Waals surface area contributed by atoms with Gasteiger partial charge in [0.25, 0.3) is 0 Å². The van der Waals surface area contributed by atoms with E-state index in [0.29, 0.717) is 12.3 Å². The van der Waals surface area contributed by atoms with E-state index in [2.05, 4.69) is 4.98 Å². The number of β-lactam (4-membered cyclic amide) rings is 1. The molecule has 0 saturated carbocycles. The van der Waals surface area contributed by atoms with Crippen LogP contribution in [0.5, 0.6) is 0 Å². The van der Waals surface area contributed by atoms with Crippen LogP contribution in [-0.2, 0) is 14.3 Å². The standard InChI is InChI=1S/C16H21N3O3S2/c1-9(2)22-15(21)16(5-4-11-10(3)18-8-24-11)6-19-13(20)12(17)14(19)23-7-16/h4-5,8-9,12,14H,6-7,17H2,1-3H3/t12?,14-,16?/m1/s1. The topological polar surface area (TPSA) is 85.5 Å². The van der Waals surface area contributed by atoms with Gasteiger partial charge in [0.15, 0.2) is 0 Å². The number of carbonyl (C=O) groups is 2. The second-order valence-corrected chi connectivity index (χ2v) is 8.43. The molecule has 3 rings (SSSR count). The summed E-state index contributed by atoms with van der Waals surface area (Å²) in [7, 11) is 0. The molecule has 0 bridgehead atoms. The Hall–Kier alpha value is -1.38. The van der Waals surface area contributed by atoms with E-state index in [0.717, 1.165) is 10.6 Å². The van der Waals surface area contributed by atoms with Crippen molar-refractivity contribution in [3.63, 3.8) is 0 Å². The molecule has 2 N–H and O–H groups in total. The van der Waals surface area contributed by atoms with Crippen LogP contribution in [0, 0.1) is 12.3 Å². The molecule has 3 atom stereocenters. The van der Waals surface area contributed by atoms with E-state index < -0.39 is 11.5 Å². The van der Waals surface area contributed by atoms with E-state index in [4.69, 9.17) is 10.5 Å². The van der Waals surface area contributed by atoms with E-state index in [-0.39, 0.29) is 23.4 Å². The number of ether oxygens (including phenoxy) is 1. The summed E-state index contributed by atoms with van der Waals surface area (Å²) >= 11 is 3.07. The van der Waals surface area contributed by atoms with Gasteiger partial charge in [-0.05, 0) is 26.8 Å². The molecule has 0 aliphatic carbocycles. The van der Waals surface area contributed by atoms with Crippen molar-refractivity contribution in [1.29, 1.82) is 0 Å². The van der Waals surface area contributed by atoms with Crippen molar-refractivity contribution in [1.82, 2.24) is 9.88 Å². The summed E-state index contributed by atoms with van der Waals surface area (Å²) in [6.07, 6.45) is 3.59. The minimum absolute atomic E-state index is 0.0315. The number of fused-ring (bicyclic) bond motifs is 1. The molecule has 3 heterocycles. The zero-order valence-corrected chi connectivity index (χ0v) is 15.5. The molecule has 1 aromatic heterocycles. The van der Waals surface area contributed by atoms with Gasteiger partial charge in [0.05, 0.1) is 17.3 Å². The molecule has 1 amide bonds. The first-order valence-electron chi connectivity index (χ1n) is 7.82. The molecule has 0 aromatic carbocycles. The third-order valence-electron chi connectivity index (χ3n) is 4.23. The maximum atomic E-state index is 12.8. The monoisotopic (exact) mass is 367 g/mol. The van der Waals surface area contributed by atoms with Crippen LogP contribution in [0.3, 0.4) is 0 Å². The van der Waals surface area contributed by atoms with Gasteiger partial charge in [-0.2, -0.15) is 0 Å². The number of amides is 1. The molecule has 0 spiro atoms. The van der Waals surface area contributed by atoms with Crippen LogP contribution in [0.4, 0.5) is 0 Å². The van der Waals surface area contributed by atoms with Crippen molar-refractivity contribution in [2.24, 2.45) is 11.1 Å². The molecule has 2 aliphatic heterocycles. The number of rotatable bonds is 4. The normalized spacial score (nSPS) is 29.7. The summed E-state index contributed by atoms with van der Waals surface area (Å²) in [6.45, 7) is 5.90. The summed E-state index contributed by atoms with van der Waals surface area (Å²) in [5, 5.41) is -0.0315. The van der Waals surface area contributed by atoms with Gasteiger partial charge in [-0.15, -0.1) is 23.1 Å². The Morgan fingerprint density at radius 3 is 2.96 bits per heavy atom. The van der Waals surface area contributed by atoms with Crippen molar-refractivity contribution in [2.45, 2.75) is 38.3 Å². The Labute approximate surface area is 149 Å². The van der Waals surface area contributed by atoms with Gasteiger partial charge in [0.1, 0.15) is 16.8 Å². The maximum absolute atomic E-state index is 12.8. The lowest BCUT2D eigenvalue weighted by Crippen LogP contribution is -2.72. The Kier molecular flexibility index (Phi) is 4.72. The average Bonchev–Trinajstić information content (AvgIpc) is 2.96. The molecule has 2 saturated heterocycles. The first-order valence-corrected chi connectivity index (χ1v) is 9.75. The Morgan fingerprint density at radius 2 is 2.33 bits per heavy atom. The summed E-state index contributed by atoms with van der Waals surface area (Å²) in [6, 6.07) is -0.457. The largest absolute Gasteiger partial charge is 0.462 e. The number of aromatic nitrogens is 1. The van der Waals surface area contributed by atoms with Gasteiger partial charge in [0, 0.05) is 17.2 Å². The number of carbonyl (C=O) groups excluding carboxylic acids is 2. The van der Waals surface area contributed by atoms with Gasteiger partial charge in [0.2, 0.25) is 5.91 Å². The molecule has 6 nitrogen and oxygen atoms in total. The molecule has 130 valence electrons. The lowest BCUT2D eigenvalue weighted by atomic mass is 9.86. The zero-order valence-electron chi connectivity index (χ0n) is 13.9. The highest BCUT2D eigenvalue weighted by Gasteiger charge is 2.55. The Bertz CT molecular complexity index is 688. The van der Waals surface area contributed by atoms with Gasteiger partial charge in [-0.25, -0.2) is 4.98 Å². The fourth-order valence-corrected chi connectivity index (χ4v) is 4.98. The van der Waals surface area contributed by atoms with E-state index in [1.54, 1.807) is 22.2 Å². The number of hydrogen-bond donors (Lipinski definition) is 1. The van der Waals surface area contributed by atoms with Crippen LogP contribution in [0.1, 0.15) is 24.4 Å². The number of hydrogen-bond acceptors (Lipinski definition) is 7. The Balaban J connectivity index is 1.87. The maximum Gasteiger partial charge on any atom is 0.318 e. The third kappa shape index (κ3) is 2.98. The Morgan fingerprint density at radius 1 is 1.58 bits per heavy atom. The van der Waals surface area contributed by atoms with Gasteiger partial charge < -0.3 is 15.4 Å². The second kappa shape index (κ2) is 6.50. The first kappa shape index (κ1) is 17.4. The molecule has 8 heteroatoms. The lowest BCUT2D eigenvalue weighted by Gasteiger charge is -2.52. The van der Waals surface area contributed by atoms with E-state index in [1.165, 1.54) is 11.3 Å². The predicted octanol–water partition coefficient (Wildman–Crippen LogP) is 1.65. The molecule has 2 fully saturated rings. The minimum Gasteiger partial charge on any atom is -0.462 e. The molecule has 2 aliphatic rings. The van der Waals surface area contributed by atoms with Crippen LogP contribution in [-0.4, -0.2) is 51.6 Å². The molecular formula is C16H21N3O3S2. The molecule has 24 heavy (non-hydrogen) atoms. The fraction of sp³-hybridized carbons (Fsp3) is 0.562. The number of esters is 1. The van der Waals surface area contributed by atoms with Crippen molar-refractivity contribution in [2.75, 3.05) is 12.3 Å². The first-order chi connectivity index (χ1) is 11.3. The quantitative estimate of drug-likeness (QED) is 0.643. The van der Waals surface area contributed by atoms with Crippen molar-refractivity contribution in [3.05, 3.63) is 22.2 Å². The van der Waals surface area contributed by atoms with E-state index >= 15 is 0 Å². The van der Waals surface area contributed by atoms with Gasteiger partial charge in [-0.3, -0.25) is 9.59 Å². The minimum atomic E-state index is -0.850. The highest BCUT2D eigenvalue weighted by Crippen LogP contribution is 2.43. The average molecular weight is 367 g/mol. The van der Waals surface area contributed by atoms with Crippen LogP contribution < -0.4 is 5.73 Å². The lowest BCUT2D eigenvalue weighted by molar-refractivity contribution is -0.161. The number of thioether (sulfide) groups is 1. The smallest absolute Gasteiger partial charge is 0.318 e. The van der Waals surface area contributed by atoms with Crippen LogP contribution in [0.15, 0.2) is 11.6 Å². The van der Waals surface area contributed by atoms with Crippen LogP contribution in [0.25, 0.3) is 6.08 Å². The predicted molar refractivity (Wildman–Crippen MR) is 95.5 cm³/mol. The van der Waals surface area contributed by atoms with Crippen LogP contribution >= 0.6 is 23.1 Å². The van der Waals surface area contributed by atoms with Crippen LogP contribution in [0.2, 0.25) is 0 Å². The van der Waals surface area contributed by atoms with E-state index in [1.807, 2.05) is 32.9 Å². The van der Waals surface area contributed by atoms with Crippen molar-refractivity contribution < 1.29 is 14.3 Å². The summed E-state index contributed by atoms with van der Waals surface area (Å²) in [5.74, 6) is 0.154. The number of nitrogens with two attached hydrogens (primary N) is 1. The highest BCUT2D eigenvalue weighted by molar-refractivity contribution is 8.00. The number of aryl methyl sites for hydroxylation is 1. The zero-order chi connectivity index (χ0) is 17.5. The fourth-order valence-electron chi connectivity index (χ4n) is 2.83. The van der Waals surface area contributed by atoms with Gasteiger partial charge in [-0.1, -0.05) is 6.08 Å². The summed E-state index contributed by atoms with van der Waals surface area (Å²) in [5.41, 5.74) is 7.69. The second-order valence-electron chi connectivity index (χ2n) is 6.44. The van der Waals surface area contributed by atoms with E-state index in [9.17, 15) is 9.59 Å². The highest BCUT2D eigenvalue weighted by atomic mass is 32.2. The molecule has 0 radical (unpaired) electrons. The number of thiazole rings is 1. The molecule has 2 unspecified atom stereocenters. The molecule has 1 aromatic rings. The van der Waals surface area contributed by atoms with Crippen molar-refractivity contribution >= 4 is 41.1 Å².